The lowest BCUT2D eigenvalue weighted by Crippen LogP contribution is -2.43. The summed E-state index contributed by atoms with van der Waals surface area (Å²) in [6.07, 6.45) is 2.52. The van der Waals surface area contributed by atoms with E-state index >= 15 is 0 Å². The molecule has 1 aromatic rings. The highest BCUT2D eigenvalue weighted by atomic mass is 16.5. The monoisotopic (exact) mass is 362 g/mol. The standard InChI is InChI=1S/C20H34N4O2/c1-4-21-20(22-13-16(2)15-25)23-14-19(24-11-5-6-12-24)17-7-9-18(26-3)10-8-17/h7-10,16,19,25H,4-6,11-15H2,1-3H3,(H2,21,22,23). The topological polar surface area (TPSA) is 69.1 Å². The normalized spacial score (nSPS) is 17.8. The second-order valence-corrected chi connectivity index (χ2v) is 6.92. The molecule has 0 aliphatic carbocycles. The molecule has 1 fully saturated rings. The molecule has 1 heterocycles. The van der Waals surface area contributed by atoms with Crippen LogP contribution >= 0.6 is 0 Å². The van der Waals surface area contributed by atoms with E-state index in [0.717, 1.165) is 37.9 Å². The van der Waals surface area contributed by atoms with Gasteiger partial charge in [0.15, 0.2) is 5.96 Å². The number of aliphatic hydroxyl groups is 1. The van der Waals surface area contributed by atoms with Gasteiger partial charge in [0.2, 0.25) is 0 Å². The molecule has 0 bridgehead atoms. The Labute approximate surface area is 157 Å². The van der Waals surface area contributed by atoms with Crippen molar-refractivity contribution in [3.05, 3.63) is 29.8 Å². The second-order valence-electron chi connectivity index (χ2n) is 6.92. The van der Waals surface area contributed by atoms with Crippen LogP contribution < -0.4 is 15.4 Å². The van der Waals surface area contributed by atoms with E-state index in [4.69, 9.17) is 4.74 Å². The molecule has 0 radical (unpaired) electrons. The van der Waals surface area contributed by atoms with Gasteiger partial charge in [-0.1, -0.05) is 19.1 Å². The summed E-state index contributed by atoms with van der Waals surface area (Å²) in [6, 6.07) is 8.67. The number of rotatable bonds is 9. The fourth-order valence-corrected chi connectivity index (χ4v) is 3.18. The van der Waals surface area contributed by atoms with E-state index in [1.165, 1.54) is 18.4 Å². The summed E-state index contributed by atoms with van der Waals surface area (Å²) in [5, 5.41) is 16.0. The number of likely N-dealkylation sites (tertiary alicyclic amines) is 1. The Hall–Kier alpha value is -1.79. The van der Waals surface area contributed by atoms with Crippen molar-refractivity contribution < 1.29 is 9.84 Å². The van der Waals surface area contributed by atoms with Crippen LogP contribution in [0.25, 0.3) is 0 Å². The minimum Gasteiger partial charge on any atom is -0.497 e. The maximum absolute atomic E-state index is 9.20. The molecule has 0 spiro atoms. The van der Waals surface area contributed by atoms with Crippen LogP contribution in [0.4, 0.5) is 0 Å². The number of benzene rings is 1. The van der Waals surface area contributed by atoms with E-state index in [-0.39, 0.29) is 12.5 Å². The molecule has 1 aliphatic heterocycles. The fourth-order valence-electron chi connectivity index (χ4n) is 3.18. The van der Waals surface area contributed by atoms with Gasteiger partial charge >= 0.3 is 0 Å². The van der Waals surface area contributed by atoms with Crippen molar-refractivity contribution in [2.24, 2.45) is 10.9 Å². The molecule has 2 atom stereocenters. The smallest absolute Gasteiger partial charge is 0.191 e. The zero-order chi connectivity index (χ0) is 18.8. The van der Waals surface area contributed by atoms with E-state index in [1.807, 2.05) is 19.1 Å². The average molecular weight is 363 g/mol. The maximum atomic E-state index is 9.20. The quantitative estimate of drug-likeness (QED) is 0.463. The van der Waals surface area contributed by atoms with Crippen molar-refractivity contribution in [3.63, 3.8) is 0 Å². The lowest BCUT2D eigenvalue weighted by Gasteiger charge is -2.29. The third-order valence-electron chi connectivity index (χ3n) is 4.76. The van der Waals surface area contributed by atoms with Gasteiger partial charge in [0.1, 0.15) is 5.75 Å². The minimum absolute atomic E-state index is 0.158. The SMILES string of the molecule is CCNC(=NCC(C)CO)NCC(c1ccc(OC)cc1)N1CCCC1. The Balaban J connectivity index is 2.06. The van der Waals surface area contributed by atoms with Gasteiger partial charge in [-0.3, -0.25) is 9.89 Å². The van der Waals surface area contributed by atoms with Gasteiger partial charge in [0.25, 0.3) is 0 Å². The summed E-state index contributed by atoms with van der Waals surface area (Å²) in [5.74, 6) is 1.86. The van der Waals surface area contributed by atoms with Crippen molar-refractivity contribution in [1.29, 1.82) is 0 Å². The average Bonchev–Trinajstić information content (AvgIpc) is 3.20. The first-order valence-electron chi connectivity index (χ1n) is 9.69. The van der Waals surface area contributed by atoms with Crippen LogP contribution in [0.2, 0.25) is 0 Å². The van der Waals surface area contributed by atoms with Crippen LogP contribution in [-0.2, 0) is 0 Å². The molecule has 26 heavy (non-hydrogen) atoms. The Morgan fingerprint density at radius 1 is 1.23 bits per heavy atom. The van der Waals surface area contributed by atoms with Crippen LogP contribution in [0.3, 0.4) is 0 Å². The van der Waals surface area contributed by atoms with E-state index in [0.29, 0.717) is 12.6 Å². The summed E-state index contributed by atoms with van der Waals surface area (Å²) in [5.41, 5.74) is 1.29. The molecule has 6 nitrogen and oxygen atoms in total. The molecule has 2 unspecified atom stereocenters. The fraction of sp³-hybridized carbons (Fsp3) is 0.650. The van der Waals surface area contributed by atoms with Crippen LogP contribution in [0.15, 0.2) is 29.3 Å². The van der Waals surface area contributed by atoms with E-state index in [2.05, 4.69) is 39.6 Å². The van der Waals surface area contributed by atoms with Crippen molar-refractivity contribution in [2.75, 3.05) is 46.4 Å². The highest BCUT2D eigenvalue weighted by Crippen LogP contribution is 2.26. The summed E-state index contributed by atoms with van der Waals surface area (Å²) in [6.45, 7) is 8.71. The molecule has 6 heteroatoms. The summed E-state index contributed by atoms with van der Waals surface area (Å²) < 4.78 is 5.29. The van der Waals surface area contributed by atoms with Gasteiger partial charge in [-0.2, -0.15) is 0 Å². The summed E-state index contributed by atoms with van der Waals surface area (Å²) in [4.78, 5) is 7.14. The highest BCUT2D eigenvalue weighted by Gasteiger charge is 2.23. The van der Waals surface area contributed by atoms with Gasteiger partial charge in [-0.15, -0.1) is 0 Å². The summed E-state index contributed by atoms with van der Waals surface area (Å²) >= 11 is 0. The van der Waals surface area contributed by atoms with Crippen LogP contribution in [-0.4, -0.2) is 62.4 Å². The van der Waals surface area contributed by atoms with Crippen molar-refractivity contribution in [2.45, 2.75) is 32.7 Å². The third kappa shape index (κ3) is 6.18. The number of ether oxygens (including phenoxy) is 1. The van der Waals surface area contributed by atoms with E-state index in [9.17, 15) is 5.11 Å². The van der Waals surface area contributed by atoms with E-state index in [1.54, 1.807) is 7.11 Å². The number of nitrogens with zero attached hydrogens (tertiary/aromatic N) is 2. The Morgan fingerprint density at radius 3 is 2.50 bits per heavy atom. The molecule has 1 aromatic carbocycles. The molecule has 0 saturated carbocycles. The van der Waals surface area contributed by atoms with Crippen molar-refractivity contribution >= 4 is 5.96 Å². The molecular formula is C20H34N4O2. The highest BCUT2D eigenvalue weighted by molar-refractivity contribution is 5.79. The first-order chi connectivity index (χ1) is 12.7. The first kappa shape index (κ1) is 20.5. The number of aliphatic hydroxyl groups excluding tert-OH is 1. The zero-order valence-corrected chi connectivity index (χ0v) is 16.4. The van der Waals surface area contributed by atoms with Gasteiger partial charge in [0, 0.05) is 26.2 Å². The number of methoxy groups -OCH3 is 1. The van der Waals surface area contributed by atoms with Crippen molar-refractivity contribution in [3.8, 4) is 5.75 Å². The largest absolute Gasteiger partial charge is 0.497 e. The molecule has 2 rings (SSSR count). The zero-order valence-electron chi connectivity index (χ0n) is 16.4. The van der Waals surface area contributed by atoms with Gasteiger partial charge in [0.05, 0.1) is 13.2 Å². The van der Waals surface area contributed by atoms with Gasteiger partial charge < -0.3 is 20.5 Å². The molecule has 0 amide bonds. The van der Waals surface area contributed by atoms with E-state index < -0.39 is 0 Å². The second kappa shape index (κ2) is 11.0. The summed E-state index contributed by atoms with van der Waals surface area (Å²) in [7, 11) is 1.70. The number of hydrogen-bond donors (Lipinski definition) is 3. The number of nitrogens with one attached hydrogen (secondary N) is 2. The molecular weight excluding hydrogens is 328 g/mol. The minimum atomic E-state index is 0.158. The predicted octanol–water partition coefficient (Wildman–Crippen LogP) is 2.02. The number of aliphatic imine (C=N–C) groups is 1. The predicted molar refractivity (Wildman–Crippen MR) is 107 cm³/mol. The van der Waals surface area contributed by atoms with Crippen LogP contribution in [0.5, 0.6) is 5.75 Å². The Bertz CT molecular complexity index is 541. The first-order valence-corrected chi connectivity index (χ1v) is 9.69. The molecule has 1 aliphatic rings. The lowest BCUT2D eigenvalue weighted by atomic mass is 10.1. The van der Waals surface area contributed by atoms with Crippen LogP contribution in [0.1, 0.15) is 38.3 Å². The number of guanidine groups is 1. The Morgan fingerprint density at radius 2 is 1.92 bits per heavy atom. The number of hydrogen-bond acceptors (Lipinski definition) is 4. The molecule has 146 valence electrons. The van der Waals surface area contributed by atoms with Gasteiger partial charge in [-0.25, -0.2) is 0 Å². The molecule has 3 N–H and O–H groups in total. The molecule has 0 aromatic heterocycles. The Kier molecular flexibility index (Phi) is 8.71. The molecule has 1 saturated heterocycles. The third-order valence-corrected chi connectivity index (χ3v) is 4.76. The lowest BCUT2D eigenvalue weighted by molar-refractivity contribution is 0.240. The maximum Gasteiger partial charge on any atom is 0.191 e. The van der Waals surface area contributed by atoms with Crippen molar-refractivity contribution in [1.82, 2.24) is 15.5 Å². The van der Waals surface area contributed by atoms with Crippen LogP contribution in [0, 0.1) is 5.92 Å². The van der Waals surface area contributed by atoms with Gasteiger partial charge in [-0.05, 0) is 56.5 Å².